The number of benzene rings is 1. The number of carbonyl (C=O) groups is 3. The first-order valence-electron chi connectivity index (χ1n) is 13.8. The van der Waals surface area contributed by atoms with Gasteiger partial charge in [-0.1, -0.05) is 25.0 Å². The molecule has 1 saturated carbocycles. The van der Waals surface area contributed by atoms with Crippen LogP contribution in [-0.4, -0.2) is 67.6 Å². The maximum Gasteiger partial charge on any atom is 0.451 e. The second kappa shape index (κ2) is 9.77. The number of hydrogen-bond donors (Lipinski definition) is 2. The van der Waals surface area contributed by atoms with E-state index in [0.717, 1.165) is 35.9 Å². The molecule has 4 aliphatic rings. The van der Waals surface area contributed by atoms with Gasteiger partial charge in [0.2, 0.25) is 17.6 Å². The van der Waals surface area contributed by atoms with Crippen LogP contribution in [0.1, 0.15) is 73.4 Å². The molecular weight excluding hydrogens is 527 g/mol. The fourth-order valence-electron chi connectivity index (χ4n) is 6.74. The molecule has 2 N–H and O–H groups in total. The molecule has 10 nitrogen and oxygen atoms in total. The number of rotatable bonds is 4. The van der Waals surface area contributed by atoms with Crippen molar-refractivity contribution in [3.05, 3.63) is 41.5 Å². The number of anilines is 1. The molecule has 1 aliphatic carbocycles. The van der Waals surface area contributed by atoms with Gasteiger partial charge in [0.25, 0.3) is 5.91 Å². The summed E-state index contributed by atoms with van der Waals surface area (Å²) < 4.78 is 40.6. The Kier molecular flexibility index (Phi) is 6.49. The van der Waals surface area contributed by atoms with E-state index in [1.807, 2.05) is 23.1 Å². The van der Waals surface area contributed by atoms with E-state index in [1.54, 1.807) is 6.07 Å². The number of alkyl halides is 3. The van der Waals surface area contributed by atoms with Crippen LogP contribution in [0.2, 0.25) is 0 Å². The number of nitrogens with zero attached hydrogens (tertiary/aromatic N) is 5. The van der Waals surface area contributed by atoms with Crippen molar-refractivity contribution in [2.45, 2.75) is 76.3 Å². The number of piperidine rings is 1. The third kappa shape index (κ3) is 4.90. The summed E-state index contributed by atoms with van der Waals surface area (Å²) in [5.74, 6) is -1.20. The lowest BCUT2D eigenvalue weighted by Crippen LogP contribution is -2.62. The van der Waals surface area contributed by atoms with Crippen LogP contribution < -0.4 is 10.6 Å². The Morgan fingerprint density at radius 2 is 1.55 bits per heavy atom. The van der Waals surface area contributed by atoms with Crippen molar-refractivity contribution in [2.75, 3.05) is 25.0 Å². The summed E-state index contributed by atoms with van der Waals surface area (Å²) in [6.45, 7) is 1.08. The van der Waals surface area contributed by atoms with Crippen LogP contribution in [0.5, 0.6) is 0 Å². The molecule has 1 aromatic heterocycles. The third-order valence-corrected chi connectivity index (χ3v) is 8.94. The zero-order valence-corrected chi connectivity index (χ0v) is 22.1. The van der Waals surface area contributed by atoms with Crippen molar-refractivity contribution in [2.24, 2.45) is 5.41 Å². The maximum atomic E-state index is 13.5. The zero-order chi connectivity index (χ0) is 28.1. The first-order chi connectivity index (χ1) is 19.1. The fourth-order valence-corrected chi connectivity index (χ4v) is 6.74. The highest BCUT2D eigenvalue weighted by Crippen LogP contribution is 2.45. The monoisotopic (exact) mass is 559 g/mol. The van der Waals surface area contributed by atoms with E-state index < -0.39 is 23.1 Å². The minimum atomic E-state index is -4.59. The largest absolute Gasteiger partial charge is 0.451 e. The molecular formula is C27H32F3N7O3. The molecule has 2 fully saturated rings. The minimum absolute atomic E-state index is 0.000271. The average Bonchev–Trinajstić information content (AvgIpc) is 3.56. The van der Waals surface area contributed by atoms with E-state index >= 15 is 0 Å². The molecule has 1 aromatic carbocycles. The average molecular weight is 560 g/mol. The van der Waals surface area contributed by atoms with Crippen LogP contribution in [0.4, 0.5) is 18.9 Å². The van der Waals surface area contributed by atoms with E-state index in [9.17, 15) is 27.6 Å². The number of carbonyl (C=O) groups excluding carboxylic acids is 3. The zero-order valence-electron chi connectivity index (χ0n) is 22.1. The van der Waals surface area contributed by atoms with Crippen LogP contribution in [-0.2, 0) is 28.9 Å². The van der Waals surface area contributed by atoms with Crippen molar-refractivity contribution in [3.63, 3.8) is 0 Å². The Hall–Kier alpha value is -3.64. The van der Waals surface area contributed by atoms with Gasteiger partial charge < -0.3 is 25.0 Å². The Morgan fingerprint density at radius 1 is 0.875 bits per heavy atom. The molecule has 13 heteroatoms. The van der Waals surface area contributed by atoms with Gasteiger partial charge in [0, 0.05) is 57.5 Å². The molecule has 0 unspecified atom stereocenters. The van der Waals surface area contributed by atoms with Gasteiger partial charge in [-0.05, 0) is 30.4 Å². The predicted octanol–water partition coefficient (Wildman–Crippen LogP) is 3.15. The summed E-state index contributed by atoms with van der Waals surface area (Å²) in [5, 5.41) is 13.5. The highest BCUT2D eigenvalue weighted by molar-refractivity contribution is 6.02. The first kappa shape index (κ1) is 26.6. The standard InChI is InChI=1S/C27H32F3N7O3/c28-27(29,30)24-34-33-20-17-36(13-14-37(20)24)22(39)16-25(7-3-4-8-25)15-21(38)35-11-9-26(10-12-35)31-19-6-2-1-5-18(19)23(40)32-26/h1-2,5-6,31H,3-4,7-17H2,(H,32,40). The lowest BCUT2D eigenvalue weighted by molar-refractivity contribution is -0.148. The van der Waals surface area contributed by atoms with Gasteiger partial charge in [-0.3, -0.25) is 14.4 Å². The number of nitrogens with one attached hydrogen (secondary N) is 2. The number of fused-ring (bicyclic) bond motifs is 2. The smallest absolute Gasteiger partial charge is 0.362 e. The maximum absolute atomic E-state index is 13.5. The first-order valence-corrected chi connectivity index (χ1v) is 13.8. The molecule has 3 aliphatic heterocycles. The summed E-state index contributed by atoms with van der Waals surface area (Å²) in [5.41, 5.74) is 0.348. The van der Waals surface area contributed by atoms with E-state index in [0.29, 0.717) is 31.5 Å². The van der Waals surface area contributed by atoms with Crippen molar-refractivity contribution < 1.29 is 27.6 Å². The number of amides is 3. The van der Waals surface area contributed by atoms with Crippen LogP contribution in [0, 0.1) is 5.41 Å². The highest BCUT2D eigenvalue weighted by Gasteiger charge is 2.45. The second-order valence-corrected chi connectivity index (χ2v) is 11.6. The van der Waals surface area contributed by atoms with Gasteiger partial charge in [0.05, 0.1) is 12.1 Å². The number of para-hydroxylation sites is 1. The lowest BCUT2D eigenvalue weighted by Gasteiger charge is -2.46. The summed E-state index contributed by atoms with van der Waals surface area (Å²) in [6.07, 6.45) is 0.380. The summed E-state index contributed by atoms with van der Waals surface area (Å²) in [4.78, 5) is 42.8. The van der Waals surface area contributed by atoms with Gasteiger partial charge >= 0.3 is 6.18 Å². The Balaban J connectivity index is 1.07. The molecule has 1 spiro atoms. The van der Waals surface area contributed by atoms with Gasteiger partial charge in [0.15, 0.2) is 5.82 Å². The van der Waals surface area contributed by atoms with Crippen LogP contribution in [0.25, 0.3) is 0 Å². The quantitative estimate of drug-likeness (QED) is 0.595. The normalized spacial score (nSPS) is 21.4. The minimum Gasteiger partial charge on any atom is -0.362 e. The molecule has 1 saturated heterocycles. The van der Waals surface area contributed by atoms with Gasteiger partial charge in [-0.25, -0.2) is 0 Å². The van der Waals surface area contributed by atoms with Crippen LogP contribution in [0.15, 0.2) is 24.3 Å². The third-order valence-electron chi connectivity index (χ3n) is 8.94. The van der Waals surface area contributed by atoms with E-state index in [-0.39, 0.29) is 56.0 Å². The van der Waals surface area contributed by atoms with Crippen molar-refractivity contribution in [1.29, 1.82) is 0 Å². The number of likely N-dealkylation sites (tertiary alicyclic amines) is 1. The van der Waals surface area contributed by atoms with Gasteiger partial charge in [-0.15, -0.1) is 10.2 Å². The molecule has 6 rings (SSSR count). The van der Waals surface area contributed by atoms with E-state index in [4.69, 9.17) is 0 Å². The molecule has 0 atom stereocenters. The summed E-state index contributed by atoms with van der Waals surface area (Å²) in [6, 6.07) is 7.37. The number of hydrogen-bond acceptors (Lipinski definition) is 6. The summed E-state index contributed by atoms with van der Waals surface area (Å²) in [7, 11) is 0. The highest BCUT2D eigenvalue weighted by atomic mass is 19.4. The Labute approximate surface area is 229 Å². The molecule has 214 valence electrons. The van der Waals surface area contributed by atoms with E-state index in [2.05, 4.69) is 20.8 Å². The van der Waals surface area contributed by atoms with Gasteiger partial charge in [-0.2, -0.15) is 13.2 Å². The molecule has 4 heterocycles. The molecule has 0 radical (unpaired) electrons. The predicted molar refractivity (Wildman–Crippen MR) is 137 cm³/mol. The molecule has 2 aromatic rings. The van der Waals surface area contributed by atoms with Crippen molar-refractivity contribution >= 4 is 23.4 Å². The van der Waals surface area contributed by atoms with Crippen molar-refractivity contribution in [3.8, 4) is 0 Å². The lowest BCUT2D eigenvalue weighted by atomic mass is 9.78. The van der Waals surface area contributed by atoms with E-state index in [1.165, 1.54) is 4.90 Å². The molecule has 40 heavy (non-hydrogen) atoms. The van der Waals surface area contributed by atoms with Crippen molar-refractivity contribution in [1.82, 2.24) is 29.9 Å². The Bertz CT molecular complexity index is 1330. The van der Waals surface area contributed by atoms with Crippen LogP contribution in [0.3, 0.4) is 0 Å². The fraction of sp³-hybridized carbons (Fsp3) is 0.593. The van der Waals surface area contributed by atoms with Gasteiger partial charge in [0.1, 0.15) is 5.66 Å². The summed E-state index contributed by atoms with van der Waals surface area (Å²) >= 11 is 0. The second-order valence-electron chi connectivity index (χ2n) is 11.6. The topological polar surface area (TPSA) is 112 Å². The Morgan fingerprint density at radius 3 is 2.25 bits per heavy atom. The number of aromatic nitrogens is 3. The molecule has 3 amide bonds. The molecule has 0 bridgehead atoms. The SMILES string of the molecule is O=C1NC2(CCN(C(=O)CC3(CC(=O)N4CCn5c(nnc5C(F)(F)F)C4)CCCC3)CC2)Nc2ccccc21. The van der Waals surface area contributed by atoms with Crippen LogP contribution >= 0.6 is 0 Å². The number of halogens is 3.